The Hall–Kier alpha value is -0.830. The molecule has 0 aliphatic carbocycles. The minimum atomic E-state index is 0. The molecule has 0 atom stereocenters. The van der Waals surface area contributed by atoms with Gasteiger partial charge in [-0.3, -0.25) is 9.67 Å². The van der Waals surface area contributed by atoms with Crippen molar-refractivity contribution in [3.63, 3.8) is 0 Å². The molecule has 25 heavy (non-hydrogen) atoms. The van der Waals surface area contributed by atoms with Crippen LogP contribution in [0.15, 0.2) is 4.99 Å². The van der Waals surface area contributed by atoms with Crippen molar-refractivity contribution in [3.8, 4) is 0 Å². The molecule has 7 heteroatoms. The highest BCUT2D eigenvalue weighted by atomic mass is 127. The van der Waals surface area contributed by atoms with Crippen molar-refractivity contribution in [3.05, 3.63) is 17.0 Å². The largest absolute Gasteiger partial charge is 0.354 e. The molecule has 1 fully saturated rings. The summed E-state index contributed by atoms with van der Waals surface area (Å²) in [5.41, 5.74) is 3.55. The van der Waals surface area contributed by atoms with Gasteiger partial charge >= 0.3 is 0 Å². The average Bonchev–Trinajstić information content (AvgIpc) is 2.78. The van der Waals surface area contributed by atoms with E-state index in [1.165, 1.54) is 43.7 Å². The molecule has 2 heterocycles. The average molecular weight is 462 g/mol. The summed E-state index contributed by atoms with van der Waals surface area (Å²) in [6.45, 7) is 13.1. The highest BCUT2D eigenvalue weighted by Gasteiger charge is 2.20. The molecule has 0 amide bonds. The zero-order chi connectivity index (χ0) is 17.7. The Balaban J connectivity index is 0.00000312. The number of rotatable bonds is 5. The fourth-order valence-corrected chi connectivity index (χ4v) is 3.41. The monoisotopic (exact) mass is 462 g/mol. The second-order valence-corrected chi connectivity index (χ2v) is 7.31. The van der Waals surface area contributed by atoms with Gasteiger partial charge in [-0.15, -0.1) is 24.0 Å². The van der Waals surface area contributed by atoms with Crippen LogP contribution < -0.4 is 10.6 Å². The molecule has 0 radical (unpaired) electrons. The number of hydrogen-bond acceptors (Lipinski definition) is 3. The van der Waals surface area contributed by atoms with Crippen molar-refractivity contribution in [2.45, 2.75) is 53.1 Å². The fourth-order valence-electron chi connectivity index (χ4n) is 3.41. The van der Waals surface area contributed by atoms with Gasteiger partial charge in [0.2, 0.25) is 0 Å². The molecular weight excluding hydrogens is 427 g/mol. The maximum atomic E-state index is 4.47. The van der Waals surface area contributed by atoms with Crippen molar-refractivity contribution in [1.82, 2.24) is 25.3 Å². The van der Waals surface area contributed by atoms with Gasteiger partial charge in [-0.1, -0.05) is 13.8 Å². The molecule has 2 rings (SSSR count). The van der Waals surface area contributed by atoms with Gasteiger partial charge in [0.1, 0.15) is 0 Å². The van der Waals surface area contributed by atoms with E-state index in [-0.39, 0.29) is 24.0 Å². The predicted octanol–water partition coefficient (Wildman–Crippen LogP) is 2.44. The molecule has 0 bridgehead atoms. The van der Waals surface area contributed by atoms with Gasteiger partial charge in [0.15, 0.2) is 5.96 Å². The Morgan fingerprint density at radius 1 is 1.28 bits per heavy atom. The predicted molar refractivity (Wildman–Crippen MR) is 116 cm³/mol. The third-order valence-electron chi connectivity index (χ3n) is 4.87. The lowest BCUT2D eigenvalue weighted by Gasteiger charge is -2.34. The number of piperidine rings is 1. The quantitative estimate of drug-likeness (QED) is 0.401. The minimum Gasteiger partial charge on any atom is -0.354 e. The number of hydrogen-bond donors (Lipinski definition) is 2. The minimum absolute atomic E-state index is 0. The summed E-state index contributed by atoms with van der Waals surface area (Å²) in [5, 5.41) is 11.5. The van der Waals surface area contributed by atoms with Gasteiger partial charge in [0, 0.05) is 57.6 Å². The Bertz CT molecular complexity index is 558. The van der Waals surface area contributed by atoms with Crippen molar-refractivity contribution >= 4 is 29.9 Å². The molecule has 0 spiro atoms. The summed E-state index contributed by atoms with van der Waals surface area (Å²) in [6, 6.07) is 0.510. The highest BCUT2D eigenvalue weighted by Crippen LogP contribution is 2.13. The van der Waals surface area contributed by atoms with Crippen LogP contribution in [0.3, 0.4) is 0 Å². The second-order valence-electron chi connectivity index (χ2n) is 7.31. The van der Waals surface area contributed by atoms with Gasteiger partial charge in [0.05, 0.1) is 5.69 Å². The summed E-state index contributed by atoms with van der Waals surface area (Å²) in [7, 11) is 3.83. The van der Waals surface area contributed by atoms with Crippen molar-refractivity contribution in [2.24, 2.45) is 18.0 Å². The van der Waals surface area contributed by atoms with Gasteiger partial charge in [-0.05, 0) is 32.6 Å². The maximum Gasteiger partial charge on any atom is 0.191 e. The number of nitrogens with one attached hydrogen (secondary N) is 2. The van der Waals surface area contributed by atoms with Gasteiger partial charge in [-0.25, -0.2) is 0 Å². The number of aromatic nitrogens is 2. The molecule has 2 N–H and O–H groups in total. The molecule has 1 aromatic rings. The maximum absolute atomic E-state index is 4.47. The van der Waals surface area contributed by atoms with Crippen LogP contribution in [0.4, 0.5) is 0 Å². The summed E-state index contributed by atoms with van der Waals surface area (Å²) >= 11 is 0. The lowest BCUT2D eigenvalue weighted by atomic mass is 10.0. The Morgan fingerprint density at radius 3 is 2.40 bits per heavy atom. The molecule has 1 aliphatic heterocycles. The number of aryl methyl sites for hydroxylation is 2. The van der Waals surface area contributed by atoms with E-state index in [1.807, 2.05) is 18.8 Å². The van der Waals surface area contributed by atoms with Crippen molar-refractivity contribution < 1.29 is 0 Å². The molecule has 144 valence electrons. The third-order valence-corrected chi connectivity index (χ3v) is 4.87. The van der Waals surface area contributed by atoms with E-state index in [2.05, 4.69) is 53.3 Å². The first-order chi connectivity index (χ1) is 11.4. The number of nitrogens with zero attached hydrogens (tertiary/aromatic N) is 4. The first-order valence-corrected chi connectivity index (χ1v) is 9.09. The molecule has 1 aromatic heterocycles. The van der Waals surface area contributed by atoms with Crippen LogP contribution >= 0.6 is 24.0 Å². The van der Waals surface area contributed by atoms with E-state index in [4.69, 9.17) is 0 Å². The van der Waals surface area contributed by atoms with E-state index in [1.54, 1.807) is 0 Å². The van der Waals surface area contributed by atoms with Gasteiger partial charge < -0.3 is 15.5 Å². The summed E-state index contributed by atoms with van der Waals surface area (Å²) < 4.78 is 1.94. The van der Waals surface area contributed by atoms with Gasteiger partial charge in [0.25, 0.3) is 0 Å². The van der Waals surface area contributed by atoms with Crippen LogP contribution in [-0.2, 0) is 13.6 Å². The zero-order valence-corrected chi connectivity index (χ0v) is 18.9. The van der Waals surface area contributed by atoms with E-state index in [0.29, 0.717) is 6.04 Å². The lowest BCUT2D eigenvalue weighted by Crippen LogP contribution is -2.49. The van der Waals surface area contributed by atoms with Crippen LogP contribution in [0, 0.1) is 19.8 Å². The topological polar surface area (TPSA) is 57.5 Å². The van der Waals surface area contributed by atoms with Crippen LogP contribution in [0.25, 0.3) is 0 Å². The third kappa shape index (κ3) is 6.44. The lowest BCUT2D eigenvalue weighted by molar-refractivity contribution is 0.187. The molecule has 0 aromatic carbocycles. The smallest absolute Gasteiger partial charge is 0.191 e. The standard InChI is InChI=1S/C18H34N6.HI/c1-13(2)12-24-9-7-16(8-10-24)21-18(19-5)20-11-17-14(3)22-23(6)15(17)4;/h13,16H,7-12H2,1-6H3,(H2,19,20,21);1H. The summed E-state index contributed by atoms with van der Waals surface area (Å²) in [6.07, 6.45) is 2.36. The second kappa shape index (κ2) is 10.4. The van der Waals surface area contributed by atoms with Crippen molar-refractivity contribution in [2.75, 3.05) is 26.7 Å². The van der Waals surface area contributed by atoms with Crippen LogP contribution in [-0.4, -0.2) is 53.4 Å². The molecule has 0 saturated carbocycles. The van der Waals surface area contributed by atoms with Crippen LogP contribution in [0.5, 0.6) is 0 Å². The fraction of sp³-hybridized carbons (Fsp3) is 0.778. The van der Waals surface area contributed by atoms with E-state index in [0.717, 1.165) is 24.1 Å². The highest BCUT2D eigenvalue weighted by molar-refractivity contribution is 14.0. The van der Waals surface area contributed by atoms with Crippen LogP contribution in [0.1, 0.15) is 43.6 Å². The number of likely N-dealkylation sites (tertiary alicyclic amines) is 1. The number of guanidine groups is 1. The summed E-state index contributed by atoms with van der Waals surface area (Å²) in [4.78, 5) is 6.96. The number of aliphatic imine (C=N–C) groups is 1. The Labute approximate surface area is 169 Å². The number of halogens is 1. The first kappa shape index (κ1) is 22.2. The van der Waals surface area contributed by atoms with E-state index in [9.17, 15) is 0 Å². The van der Waals surface area contributed by atoms with E-state index >= 15 is 0 Å². The molecule has 0 unspecified atom stereocenters. The Kier molecular flexibility index (Phi) is 9.20. The van der Waals surface area contributed by atoms with Crippen molar-refractivity contribution in [1.29, 1.82) is 0 Å². The zero-order valence-electron chi connectivity index (χ0n) is 16.6. The Morgan fingerprint density at radius 2 is 1.92 bits per heavy atom. The molecule has 1 saturated heterocycles. The molecule has 1 aliphatic rings. The normalized spacial score (nSPS) is 16.8. The first-order valence-electron chi connectivity index (χ1n) is 9.09. The van der Waals surface area contributed by atoms with Gasteiger partial charge in [-0.2, -0.15) is 5.10 Å². The van der Waals surface area contributed by atoms with Crippen LogP contribution in [0.2, 0.25) is 0 Å². The molecule has 6 nitrogen and oxygen atoms in total. The summed E-state index contributed by atoms with van der Waals surface area (Å²) in [5.74, 6) is 1.63. The SMILES string of the molecule is CN=C(NCc1c(C)nn(C)c1C)NC1CCN(CC(C)C)CC1.I. The molecular formula is C18H35IN6. The van der Waals surface area contributed by atoms with E-state index < -0.39 is 0 Å².